The van der Waals surface area contributed by atoms with Crippen LogP contribution in [0.4, 0.5) is 10.6 Å². The van der Waals surface area contributed by atoms with Crippen LogP contribution in [0.1, 0.15) is 26.3 Å². The summed E-state index contributed by atoms with van der Waals surface area (Å²) >= 11 is 5.92. The number of ether oxygens (including phenoxy) is 1. The summed E-state index contributed by atoms with van der Waals surface area (Å²) in [4.78, 5) is 16.0. The number of aromatic nitrogens is 2. The van der Waals surface area contributed by atoms with Crippen LogP contribution >= 0.6 is 11.6 Å². The molecular weight excluding hydrogens is 316 g/mol. The molecule has 0 aliphatic carbocycles. The van der Waals surface area contributed by atoms with Crippen LogP contribution in [0.25, 0.3) is 0 Å². The third-order valence-corrected chi connectivity index (χ3v) is 4.31. The molecule has 1 saturated heterocycles. The van der Waals surface area contributed by atoms with Crippen molar-refractivity contribution >= 4 is 23.5 Å². The van der Waals surface area contributed by atoms with Crippen molar-refractivity contribution in [3.63, 3.8) is 0 Å². The van der Waals surface area contributed by atoms with Gasteiger partial charge in [-0.3, -0.25) is 0 Å². The fourth-order valence-electron chi connectivity index (χ4n) is 2.83. The van der Waals surface area contributed by atoms with E-state index >= 15 is 0 Å². The zero-order valence-electron chi connectivity index (χ0n) is 13.8. The summed E-state index contributed by atoms with van der Waals surface area (Å²) in [7, 11) is 0. The predicted octanol–water partition coefficient (Wildman–Crippen LogP) is 3.01. The second kappa shape index (κ2) is 5.67. The van der Waals surface area contributed by atoms with Crippen molar-refractivity contribution in [1.82, 2.24) is 15.1 Å². The van der Waals surface area contributed by atoms with Gasteiger partial charge in [-0.05, 0) is 44.9 Å². The van der Waals surface area contributed by atoms with E-state index in [-0.39, 0.29) is 6.09 Å². The minimum Gasteiger partial charge on any atom is -0.444 e. The number of carbonyl (C=O) groups excluding carboxylic acids is 1. The molecule has 1 aromatic heterocycles. The molecule has 0 radical (unpaired) electrons. The summed E-state index contributed by atoms with van der Waals surface area (Å²) in [6.45, 7) is 9.63. The first-order valence-electron chi connectivity index (χ1n) is 7.68. The van der Waals surface area contributed by atoms with Crippen LogP contribution in [0, 0.1) is 12.8 Å². The molecule has 6 nitrogen and oxygen atoms in total. The minimum atomic E-state index is -0.467. The standard InChI is InChI=1S/C16H21ClN4O2/c1-10-5-13(18-19-14(10)17)20-6-11-8-21(9-12(11)7-20)15(22)23-16(2,3)4/h5-6,12H,7-9H2,1-4H3. The monoisotopic (exact) mass is 336 g/mol. The predicted molar refractivity (Wildman–Crippen MR) is 88.5 cm³/mol. The summed E-state index contributed by atoms with van der Waals surface area (Å²) in [6.07, 6.45) is 1.81. The lowest BCUT2D eigenvalue weighted by molar-refractivity contribution is 0.0291. The second-order valence-corrected chi connectivity index (χ2v) is 7.45. The van der Waals surface area contributed by atoms with Crippen molar-refractivity contribution in [3.8, 4) is 0 Å². The zero-order valence-corrected chi connectivity index (χ0v) is 14.6. The molecule has 1 aromatic rings. The highest BCUT2D eigenvalue weighted by Crippen LogP contribution is 2.33. The number of hydrogen-bond acceptors (Lipinski definition) is 5. The van der Waals surface area contributed by atoms with Gasteiger partial charge in [-0.15, -0.1) is 10.2 Å². The van der Waals surface area contributed by atoms with E-state index in [2.05, 4.69) is 21.3 Å². The first-order chi connectivity index (χ1) is 10.7. The quantitative estimate of drug-likeness (QED) is 0.789. The lowest BCUT2D eigenvalue weighted by atomic mass is 10.1. The van der Waals surface area contributed by atoms with Crippen molar-refractivity contribution in [2.24, 2.45) is 5.92 Å². The third kappa shape index (κ3) is 3.42. The van der Waals surface area contributed by atoms with E-state index in [1.807, 2.05) is 33.8 Å². The Morgan fingerprint density at radius 1 is 1.35 bits per heavy atom. The SMILES string of the molecule is Cc1cc(N2C=C3CN(C(=O)OC(C)(C)C)CC3C2)nnc1Cl. The molecule has 0 spiro atoms. The smallest absolute Gasteiger partial charge is 0.410 e. The number of halogens is 1. The number of hydrogen-bond donors (Lipinski definition) is 0. The van der Waals surface area contributed by atoms with Crippen molar-refractivity contribution < 1.29 is 9.53 Å². The Hall–Kier alpha value is -1.82. The molecule has 3 rings (SSSR count). The lowest BCUT2D eigenvalue weighted by Crippen LogP contribution is -2.36. The number of likely N-dealkylation sites (tertiary alicyclic amines) is 1. The van der Waals surface area contributed by atoms with Gasteiger partial charge in [-0.1, -0.05) is 11.6 Å². The molecule has 0 saturated carbocycles. The van der Waals surface area contributed by atoms with Crippen LogP contribution in [0.2, 0.25) is 5.15 Å². The maximum absolute atomic E-state index is 12.2. The van der Waals surface area contributed by atoms with Crippen LogP contribution < -0.4 is 4.90 Å². The van der Waals surface area contributed by atoms with E-state index in [0.29, 0.717) is 24.2 Å². The number of amides is 1. The third-order valence-electron chi connectivity index (χ3n) is 3.93. The Balaban J connectivity index is 1.68. The van der Waals surface area contributed by atoms with Gasteiger partial charge in [0.15, 0.2) is 11.0 Å². The number of fused-ring (bicyclic) bond motifs is 1. The molecular formula is C16H21ClN4O2. The van der Waals surface area contributed by atoms with Gasteiger partial charge in [0.25, 0.3) is 0 Å². The molecule has 2 aliphatic rings. The summed E-state index contributed by atoms with van der Waals surface area (Å²) < 4.78 is 5.44. The lowest BCUT2D eigenvalue weighted by Gasteiger charge is -2.25. The molecule has 3 heterocycles. The van der Waals surface area contributed by atoms with Crippen LogP contribution in [0.15, 0.2) is 17.8 Å². The molecule has 124 valence electrons. The van der Waals surface area contributed by atoms with Gasteiger partial charge >= 0.3 is 6.09 Å². The molecule has 0 N–H and O–H groups in total. The van der Waals surface area contributed by atoms with Gasteiger partial charge in [0, 0.05) is 31.8 Å². The largest absolute Gasteiger partial charge is 0.444 e. The van der Waals surface area contributed by atoms with E-state index in [4.69, 9.17) is 16.3 Å². The summed E-state index contributed by atoms with van der Waals surface area (Å²) in [5.74, 6) is 1.11. The number of aryl methyl sites for hydroxylation is 1. The zero-order chi connectivity index (χ0) is 16.8. The van der Waals surface area contributed by atoms with Crippen LogP contribution in [0.3, 0.4) is 0 Å². The van der Waals surface area contributed by atoms with Gasteiger partial charge in [-0.25, -0.2) is 4.79 Å². The van der Waals surface area contributed by atoms with Crippen molar-refractivity contribution in [3.05, 3.63) is 28.6 Å². The maximum atomic E-state index is 12.2. The van der Waals surface area contributed by atoms with E-state index in [1.165, 1.54) is 5.57 Å². The Morgan fingerprint density at radius 2 is 2.09 bits per heavy atom. The highest BCUT2D eigenvalue weighted by atomic mass is 35.5. The second-order valence-electron chi connectivity index (χ2n) is 7.09. The van der Waals surface area contributed by atoms with Crippen LogP contribution in [-0.2, 0) is 4.74 Å². The number of nitrogens with zero attached hydrogens (tertiary/aromatic N) is 4. The summed E-state index contributed by atoms with van der Waals surface area (Å²) in [6, 6.07) is 1.93. The van der Waals surface area contributed by atoms with E-state index in [0.717, 1.165) is 17.9 Å². The summed E-state index contributed by atoms with van der Waals surface area (Å²) in [5, 5.41) is 8.53. The average Bonchev–Trinajstić information content (AvgIpc) is 2.98. The molecule has 23 heavy (non-hydrogen) atoms. The van der Waals surface area contributed by atoms with Gasteiger partial charge in [0.1, 0.15) is 5.60 Å². The maximum Gasteiger partial charge on any atom is 0.410 e. The molecule has 1 unspecified atom stereocenters. The highest BCUT2D eigenvalue weighted by molar-refractivity contribution is 6.30. The first kappa shape index (κ1) is 16.1. The Morgan fingerprint density at radius 3 is 2.70 bits per heavy atom. The summed E-state index contributed by atoms with van der Waals surface area (Å²) in [5.41, 5.74) is 1.67. The van der Waals surface area contributed by atoms with E-state index < -0.39 is 5.60 Å². The van der Waals surface area contributed by atoms with Crippen molar-refractivity contribution in [2.75, 3.05) is 24.5 Å². The van der Waals surface area contributed by atoms with Crippen LogP contribution in [-0.4, -0.2) is 46.4 Å². The average molecular weight is 337 g/mol. The molecule has 7 heteroatoms. The molecule has 0 aromatic carbocycles. The fourth-order valence-corrected chi connectivity index (χ4v) is 2.92. The highest BCUT2D eigenvalue weighted by Gasteiger charge is 2.37. The molecule has 1 amide bonds. The number of anilines is 1. The van der Waals surface area contributed by atoms with E-state index in [1.54, 1.807) is 4.90 Å². The molecule has 0 bridgehead atoms. The van der Waals surface area contributed by atoms with E-state index in [9.17, 15) is 4.79 Å². The van der Waals surface area contributed by atoms with Gasteiger partial charge < -0.3 is 14.5 Å². The van der Waals surface area contributed by atoms with Crippen molar-refractivity contribution in [2.45, 2.75) is 33.3 Å². The first-order valence-corrected chi connectivity index (χ1v) is 8.06. The number of rotatable bonds is 1. The van der Waals surface area contributed by atoms with Crippen LogP contribution in [0.5, 0.6) is 0 Å². The fraction of sp³-hybridized carbons (Fsp3) is 0.562. The van der Waals surface area contributed by atoms with Gasteiger partial charge in [0.2, 0.25) is 0 Å². The minimum absolute atomic E-state index is 0.249. The van der Waals surface area contributed by atoms with Gasteiger partial charge in [-0.2, -0.15) is 0 Å². The van der Waals surface area contributed by atoms with Crippen molar-refractivity contribution in [1.29, 1.82) is 0 Å². The Labute approximate surface area is 141 Å². The number of carbonyl (C=O) groups is 1. The normalized spacial score (nSPS) is 20.6. The molecule has 2 aliphatic heterocycles. The molecule has 1 fully saturated rings. The van der Waals surface area contributed by atoms with Gasteiger partial charge in [0.05, 0.1) is 0 Å². The Bertz CT molecular complexity index is 669. The molecule has 1 atom stereocenters. The Kier molecular flexibility index (Phi) is 3.96. The topological polar surface area (TPSA) is 58.6 Å².